The van der Waals surface area contributed by atoms with Gasteiger partial charge in [0.05, 0.1) is 6.42 Å². The van der Waals surface area contributed by atoms with Gasteiger partial charge in [-0.25, -0.2) is 4.68 Å². The third kappa shape index (κ3) is 2.84. The van der Waals surface area contributed by atoms with Crippen molar-refractivity contribution in [2.24, 2.45) is 0 Å². The van der Waals surface area contributed by atoms with E-state index < -0.39 is 6.04 Å². The molecule has 0 unspecified atom stereocenters. The van der Waals surface area contributed by atoms with E-state index >= 15 is 0 Å². The summed E-state index contributed by atoms with van der Waals surface area (Å²) in [5.41, 5.74) is 0.467. The number of carbonyl (C=O) groups is 2. The summed E-state index contributed by atoms with van der Waals surface area (Å²) in [6, 6.07) is 3.99. The zero-order valence-electron chi connectivity index (χ0n) is 10.5. The molecule has 2 N–H and O–H groups in total. The van der Waals surface area contributed by atoms with E-state index in [0.717, 1.165) is 0 Å². The summed E-state index contributed by atoms with van der Waals surface area (Å²) in [7, 11) is 0. The van der Waals surface area contributed by atoms with Gasteiger partial charge in [-0.15, -0.1) is 0 Å². The number of hydrogen-bond acceptors (Lipinski definition) is 4. The first-order valence-electron chi connectivity index (χ1n) is 5.99. The highest BCUT2D eigenvalue weighted by Gasteiger charge is 2.33. The first kappa shape index (κ1) is 13.8. The Morgan fingerprint density at radius 1 is 1.33 bits per heavy atom. The van der Waals surface area contributed by atoms with E-state index in [0.29, 0.717) is 21.7 Å². The van der Waals surface area contributed by atoms with E-state index in [1.54, 1.807) is 18.2 Å². The first-order valence-corrected chi connectivity index (χ1v) is 6.75. The molecule has 0 spiro atoms. The summed E-state index contributed by atoms with van der Waals surface area (Å²) in [6.07, 6.45) is 1.25. The fraction of sp³-hybridized carbons (Fsp3) is 0.167. The van der Waals surface area contributed by atoms with E-state index in [2.05, 4.69) is 20.7 Å². The SMILES string of the molecule is O=C(C[C@@H]1C(=O)Nc2ncnn21)Nc1cc(Cl)cc(Cl)c1. The van der Waals surface area contributed by atoms with Gasteiger partial charge in [0.2, 0.25) is 11.9 Å². The lowest BCUT2D eigenvalue weighted by Crippen LogP contribution is -2.23. The van der Waals surface area contributed by atoms with Crippen LogP contribution in [0.15, 0.2) is 24.5 Å². The normalized spacial score (nSPS) is 16.5. The highest BCUT2D eigenvalue weighted by molar-refractivity contribution is 6.35. The minimum Gasteiger partial charge on any atom is -0.326 e. The van der Waals surface area contributed by atoms with Crippen LogP contribution in [0.1, 0.15) is 12.5 Å². The molecule has 1 aromatic heterocycles. The molecule has 0 bridgehead atoms. The molecule has 3 rings (SSSR count). The summed E-state index contributed by atoms with van der Waals surface area (Å²) >= 11 is 11.7. The van der Waals surface area contributed by atoms with Gasteiger partial charge in [0.1, 0.15) is 12.4 Å². The Morgan fingerprint density at radius 2 is 2.05 bits per heavy atom. The molecular weight excluding hydrogens is 317 g/mol. The minimum absolute atomic E-state index is 0.0632. The van der Waals surface area contributed by atoms with Gasteiger partial charge in [-0.1, -0.05) is 23.2 Å². The van der Waals surface area contributed by atoms with E-state index in [1.165, 1.54) is 11.0 Å². The van der Waals surface area contributed by atoms with Crippen molar-refractivity contribution in [1.82, 2.24) is 14.8 Å². The number of aromatic nitrogens is 3. The Morgan fingerprint density at radius 3 is 2.76 bits per heavy atom. The number of nitrogens with one attached hydrogen (secondary N) is 2. The van der Waals surface area contributed by atoms with Crippen LogP contribution in [0.5, 0.6) is 0 Å². The summed E-state index contributed by atoms with van der Waals surface area (Å²) < 4.78 is 1.38. The molecule has 0 saturated carbocycles. The van der Waals surface area contributed by atoms with Crippen LogP contribution < -0.4 is 10.6 Å². The van der Waals surface area contributed by atoms with Crippen LogP contribution in [0.4, 0.5) is 11.6 Å². The van der Waals surface area contributed by atoms with Gasteiger partial charge in [-0.3, -0.25) is 14.9 Å². The van der Waals surface area contributed by atoms with Crippen LogP contribution in [0.3, 0.4) is 0 Å². The van der Waals surface area contributed by atoms with Crippen LogP contribution in [-0.4, -0.2) is 26.6 Å². The number of carbonyl (C=O) groups excluding carboxylic acids is 2. The molecule has 7 nitrogen and oxygen atoms in total. The van der Waals surface area contributed by atoms with Crippen LogP contribution in [0.2, 0.25) is 10.0 Å². The van der Waals surface area contributed by atoms with Gasteiger partial charge in [0, 0.05) is 15.7 Å². The third-order valence-corrected chi connectivity index (χ3v) is 3.37. The molecule has 1 aliphatic heterocycles. The number of rotatable bonds is 3. The highest BCUT2D eigenvalue weighted by atomic mass is 35.5. The third-order valence-electron chi connectivity index (χ3n) is 2.93. The molecular formula is C12H9Cl2N5O2. The average Bonchev–Trinajstić information content (AvgIpc) is 2.91. The molecule has 0 radical (unpaired) electrons. The summed E-state index contributed by atoms with van der Waals surface area (Å²) in [6.45, 7) is 0. The Kier molecular flexibility index (Phi) is 3.52. The van der Waals surface area contributed by atoms with Gasteiger partial charge in [0.15, 0.2) is 0 Å². The number of anilines is 2. The van der Waals surface area contributed by atoms with Crippen molar-refractivity contribution in [3.05, 3.63) is 34.6 Å². The second kappa shape index (κ2) is 5.34. The minimum atomic E-state index is -0.711. The van der Waals surface area contributed by atoms with Gasteiger partial charge in [0.25, 0.3) is 5.91 Å². The van der Waals surface area contributed by atoms with Crippen molar-refractivity contribution in [1.29, 1.82) is 0 Å². The van der Waals surface area contributed by atoms with Crippen molar-refractivity contribution in [3.63, 3.8) is 0 Å². The maximum Gasteiger partial charge on any atom is 0.252 e. The van der Waals surface area contributed by atoms with E-state index in [9.17, 15) is 9.59 Å². The zero-order valence-corrected chi connectivity index (χ0v) is 12.0. The Hall–Kier alpha value is -2.12. The Bertz CT molecular complexity index is 710. The predicted octanol–water partition coefficient (Wildman–Crippen LogP) is 2.11. The van der Waals surface area contributed by atoms with E-state index in [1.807, 2.05) is 0 Å². The maximum absolute atomic E-state index is 12.0. The lowest BCUT2D eigenvalue weighted by Gasteiger charge is -2.10. The van der Waals surface area contributed by atoms with Gasteiger partial charge in [-0.2, -0.15) is 10.1 Å². The fourth-order valence-electron chi connectivity index (χ4n) is 2.06. The molecule has 9 heteroatoms. The van der Waals surface area contributed by atoms with Gasteiger partial charge < -0.3 is 5.32 Å². The zero-order chi connectivity index (χ0) is 15.0. The molecule has 1 aromatic carbocycles. The largest absolute Gasteiger partial charge is 0.326 e. The molecule has 2 aromatic rings. The van der Waals surface area contributed by atoms with E-state index in [-0.39, 0.29) is 18.2 Å². The van der Waals surface area contributed by atoms with Crippen LogP contribution in [0.25, 0.3) is 0 Å². The standard InChI is InChI=1S/C12H9Cl2N5O2/c13-6-1-7(14)3-8(2-6)17-10(20)4-9-11(21)18-12-15-5-16-19(9)12/h1-3,5,9H,4H2,(H,17,20)(H,15,16,18,21)/t9-/m1/s1. The van der Waals surface area contributed by atoms with Crippen molar-refractivity contribution in [2.75, 3.05) is 10.6 Å². The molecule has 0 aliphatic carbocycles. The summed E-state index contributed by atoms with van der Waals surface area (Å²) in [5, 5.41) is 9.93. The maximum atomic E-state index is 12.0. The monoisotopic (exact) mass is 325 g/mol. The Balaban J connectivity index is 1.71. The van der Waals surface area contributed by atoms with Crippen LogP contribution in [-0.2, 0) is 9.59 Å². The summed E-state index contributed by atoms with van der Waals surface area (Å²) in [5.74, 6) is -0.328. The average molecular weight is 326 g/mol. The van der Waals surface area contributed by atoms with Gasteiger partial charge in [-0.05, 0) is 18.2 Å². The van der Waals surface area contributed by atoms with Crippen LogP contribution in [0, 0.1) is 0 Å². The Labute approximate surface area is 129 Å². The van der Waals surface area contributed by atoms with Crippen molar-refractivity contribution in [3.8, 4) is 0 Å². The molecule has 1 aliphatic rings. The molecule has 2 heterocycles. The molecule has 21 heavy (non-hydrogen) atoms. The van der Waals surface area contributed by atoms with Gasteiger partial charge >= 0.3 is 0 Å². The number of nitrogens with zero attached hydrogens (tertiary/aromatic N) is 3. The number of hydrogen-bond donors (Lipinski definition) is 2. The van der Waals surface area contributed by atoms with Crippen molar-refractivity contribution < 1.29 is 9.59 Å². The van der Waals surface area contributed by atoms with E-state index in [4.69, 9.17) is 23.2 Å². The molecule has 0 fully saturated rings. The highest BCUT2D eigenvalue weighted by Crippen LogP contribution is 2.26. The lowest BCUT2D eigenvalue weighted by molar-refractivity contribution is -0.123. The summed E-state index contributed by atoms with van der Waals surface area (Å²) in [4.78, 5) is 27.6. The topological polar surface area (TPSA) is 88.9 Å². The predicted molar refractivity (Wildman–Crippen MR) is 77.4 cm³/mol. The van der Waals surface area contributed by atoms with Crippen molar-refractivity contribution in [2.45, 2.75) is 12.5 Å². The molecule has 0 saturated heterocycles. The smallest absolute Gasteiger partial charge is 0.252 e. The van der Waals surface area contributed by atoms with Crippen LogP contribution >= 0.6 is 23.2 Å². The lowest BCUT2D eigenvalue weighted by atomic mass is 10.2. The molecule has 1 atom stereocenters. The number of halogens is 2. The number of fused-ring (bicyclic) bond motifs is 1. The second-order valence-electron chi connectivity index (χ2n) is 4.44. The molecule has 108 valence electrons. The first-order chi connectivity index (χ1) is 10.0. The second-order valence-corrected chi connectivity index (χ2v) is 5.32. The van der Waals surface area contributed by atoms with Crippen molar-refractivity contribution >= 4 is 46.7 Å². The molecule has 2 amide bonds. The fourth-order valence-corrected chi connectivity index (χ4v) is 2.59. The number of amides is 2. The quantitative estimate of drug-likeness (QED) is 0.904. The number of benzene rings is 1.